The Morgan fingerprint density at radius 3 is 2.33 bits per heavy atom. The lowest BCUT2D eigenvalue weighted by atomic mass is 10.0. The van der Waals surface area contributed by atoms with E-state index >= 15 is 0 Å². The molecular weight excluding hydrogens is 191 g/mol. The molecule has 15 heavy (non-hydrogen) atoms. The first-order valence-corrected chi connectivity index (χ1v) is 4.37. The van der Waals surface area contributed by atoms with E-state index in [0.29, 0.717) is 16.7 Å². The second kappa shape index (κ2) is 4.39. The fourth-order valence-electron chi connectivity index (χ4n) is 1.16. The zero-order chi connectivity index (χ0) is 11.4. The summed E-state index contributed by atoms with van der Waals surface area (Å²) in [4.78, 5) is 0. The van der Waals surface area contributed by atoms with Gasteiger partial charge in [0.15, 0.2) is 0 Å². The molecule has 0 unspecified atom stereocenters. The third kappa shape index (κ3) is 2.21. The molecule has 0 aliphatic heterocycles. The summed E-state index contributed by atoms with van der Waals surface area (Å²) in [6.45, 7) is 3.29. The van der Waals surface area contributed by atoms with Crippen LogP contribution in [0.2, 0.25) is 0 Å². The molecule has 1 rings (SSSR count). The summed E-state index contributed by atoms with van der Waals surface area (Å²) in [5, 5.41) is 17.3. The Bertz CT molecular complexity index is 485. The van der Waals surface area contributed by atoms with E-state index in [1.807, 2.05) is 0 Å². The Hall–Kier alpha value is -2.13. The van der Waals surface area contributed by atoms with E-state index in [1.54, 1.807) is 38.1 Å². The molecule has 0 saturated heterocycles. The molecule has 0 bridgehead atoms. The van der Waals surface area contributed by atoms with Crippen molar-refractivity contribution < 1.29 is 4.39 Å². The number of nitrogens with zero attached hydrogens (tertiary/aromatic N) is 2. The Kier molecular flexibility index (Phi) is 3.21. The first-order chi connectivity index (χ1) is 7.10. The van der Waals surface area contributed by atoms with E-state index in [9.17, 15) is 4.39 Å². The molecule has 1 aromatic carbocycles. The third-order valence-electron chi connectivity index (χ3n) is 2.20. The van der Waals surface area contributed by atoms with Crippen LogP contribution in [0.25, 0.3) is 5.57 Å². The Labute approximate surface area is 87.9 Å². The predicted molar refractivity (Wildman–Crippen MR) is 55.0 cm³/mol. The van der Waals surface area contributed by atoms with Crippen LogP contribution >= 0.6 is 0 Å². The molecule has 0 spiro atoms. The van der Waals surface area contributed by atoms with Crippen LogP contribution in [0.15, 0.2) is 23.8 Å². The highest BCUT2D eigenvalue weighted by molar-refractivity contribution is 5.73. The normalized spacial score (nSPS) is 8.87. The van der Waals surface area contributed by atoms with Gasteiger partial charge in [0.1, 0.15) is 23.5 Å². The molecule has 0 saturated carbocycles. The first kappa shape index (κ1) is 10.9. The van der Waals surface area contributed by atoms with Gasteiger partial charge >= 0.3 is 0 Å². The number of rotatable bonds is 1. The monoisotopic (exact) mass is 200 g/mol. The molecule has 0 N–H and O–H groups in total. The predicted octanol–water partition coefficient (Wildman–Crippen LogP) is 2.95. The number of hydrogen-bond donors (Lipinski definition) is 0. The SMILES string of the molecule is CC(=C(C#N)C#N)c1ccc(C)c(F)c1. The molecule has 0 aromatic heterocycles. The molecule has 0 aliphatic carbocycles. The molecule has 0 amide bonds. The van der Waals surface area contributed by atoms with Gasteiger partial charge in [-0.2, -0.15) is 10.5 Å². The van der Waals surface area contributed by atoms with E-state index in [0.717, 1.165) is 0 Å². The van der Waals surface area contributed by atoms with Gasteiger partial charge in [0.05, 0.1) is 0 Å². The van der Waals surface area contributed by atoms with Crippen LogP contribution in [0.3, 0.4) is 0 Å². The topological polar surface area (TPSA) is 47.6 Å². The van der Waals surface area contributed by atoms with Crippen LogP contribution < -0.4 is 0 Å². The van der Waals surface area contributed by atoms with Gasteiger partial charge in [0.25, 0.3) is 0 Å². The van der Waals surface area contributed by atoms with E-state index in [2.05, 4.69) is 0 Å². The average Bonchev–Trinajstić information content (AvgIpc) is 2.23. The van der Waals surface area contributed by atoms with Crippen LogP contribution in [0.4, 0.5) is 4.39 Å². The highest BCUT2D eigenvalue weighted by atomic mass is 19.1. The third-order valence-corrected chi connectivity index (χ3v) is 2.20. The van der Waals surface area contributed by atoms with Gasteiger partial charge in [-0.3, -0.25) is 0 Å². The van der Waals surface area contributed by atoms with Crippen LogP contribution in [0.1, 0.15) is 18.1 Å². The molecule has 0 radical (unpaired) electrons. The average molecular weight is 200 g/mol. The molecule has 1 aromatic rings. The highest BCUT2D eigenvalue weighted by Gasteiger charge is 2.05. The Balaban J connectivity index is 3.32. The summed E-state index contributed by atoms with van der Waals surface area (Å²) >= 11 is 0. The summed E-state index contributed by atoms with van der Waals surface area (Å²) < 4.78 is 13.2. The molecule has 0 atom stereocenters. The summed E-state index contributed by atoms with van der Waals surface area (Å²) in [7, 11) is 0. The number of aryl methyl sites for hydroxylation is 1. The summed E-state index contributed by atoms with van der Waals surface area (Å²) in [6.07, 6.45) is 0. The van der Waals surface area contributed by atoms with Crippen molar-refractivity contribution in [2.24, 2.45) is 0 Å². The molecule has 0 fully saturated rings. The van der Waals surface area contributed by atoms with Gasteiger partial charge < -0.3 is 0 Å². The molecule has 0 aliphatic rings. The minimum Gasteiger partial charge on any atom is -0.207 e. The van der Waals surface area contributed by atoms with Crippen molar-refractivity contribution in [3.8, 4) is 12.1 Å². The zero-order valence-corrected chi connectivity index (χ0v) is 8.50. The second-order valence-corrected chi connectivity index (χ2v) is 3.19. The van der Waals surface area contributed by atoms with Crippen LogP contribution in [-0.2, 0) is 0 Å². The zero-order valence-electron chi connectivity index (χ0n) is 8.50. The maximum absolute atomic E-state index is 13.2. The van der Waals surface area contributed by atoms with Crippen LogP contribution in [-0.4, -0.2) is 0 Å². The van der Waals surface area contributed by atoms with Crippen molar-refractivity contribution in [1.82, 2.24) is 0 Å². The maximum atomic E-state index is 13.2. The Morgan fingerprint density at radius 1 is 1.27 bits per heavy atom. The van der Waals surface area contributed by atoms with Gasteiger partial charge in [0, 0.05) is 0 Å². The van der Waals surface area contributed by atoms with Crippen molar-refractivity contribution in [1.29, 1.82) is 10.5 Å². The van der Waals surface area contributed by atoms with Crippen molar-refractivity contribution in [2.75, 3.05) is 0 Å². The lowest BCUT2D eigenvalue weighted by Crippen LogP contribution is -1.88. The molecule has 2 nitrogen and oxygen atoms in total. The fourth-order valence-corrected chi connectivity index (χ4v) is 1.16. The quantitative estimate of drug-likeness (QED) is 0.654. The summed E-state index contributed by atoms with van der Waals surface area (Å²) in [5.74, 6) is -0.331. The highest BCUT2D eigenvalue weighted by Crippen LogP contribution is 2.20. The lowest BCUT2D eigenvalue weighted by molar-refractivity contribution is 0.618. The molecule has 74 valence electrons. The summed E-state index contributed by atoms with van der Waals surface area (Å²) in [6, 6.07) is 8.22. The van der Waals surface area contributed by atoms with Crippen molar-refractivity contribution >= 4 is 5.57 Å². The van der Waals surface area contributed by atoms with Crippen molar-refractivity contribution in [3.05, 3.63) is 40.7 Å². The number of hydrogen-bond acceptors (Lipinski definition) is 2. The smallest absolute Gasteiger partial charge is 0.133 e. The maximum Gasteiger partial charge on any atom is 0.133 e. The van der Waals surface area contributed by atoms with Crippen molar-refractivity contribution in [3.63, 3.8) is 0 Å². The number of allylic oxidation sites excluding steroid dienone is 2. The second-order valence-electron chi connectivity index (χ2n) is 3.19. The minimum atomic E-state index is -0.331. The van der Waals surface area contributed by atoms with Gasteiger partial charge in [-0.05, 0) is 36.6 Å². The lowest BCUT2D eigenvalue weighted by Gasteiger charge is -2.03. The van der Waals surface area contributed by atoms with Crippen LogP contribution in [0.5, 0.6) is 0 Å². The van der Waals surface area contributed by atoms with Gasteiger partial charge in [0.2, 0.25) is 0 Å². The van der Waals surface area contributed by atoms with Gasteiger partial charge in [-0.1, -0.05) is 12.1 Å². The van der Waals surface area contributed by atoms with E-state index in [1.165, 1.54) is 6.07 Å². The van der Waals surface area contributed by atoms with Gasteiger partial charge in [-0.15, -0.1) is 0 Å². The van der Waals surface area contributed by atoms with Crippen LogP contribution in [0, 0.1) is 35.4 Å². The molecule has 3 heteroatoms. The largest absolute Gasteiger partial charge is 0.207 e. The van der Waals surface area contributed by atoms with E-state index < -0.39 is 0 Å². The van der Waals surface area contributed by atoms with Gasteiger partial charge in [-0.25, -0.2) is 4.39 Å². The summed E-state index contributed by atoms with van der Waals surface area (Å²) in [5.41, 5.74) is 1.62. The van der Waals surface area contributed by atoms with E-state index in [4.69, 9.17) is 10.5 Å². The number of benzene rings is 1. The first-order valence-electron chi connectivity index (χ1n) is 4.37. The number of halogens is 1. The Morgan fingerprint density at radius 2 is 1.87 bits per heavy atom. The molecular formula is C12H9FN2. The van der Waals surface area contributed by atoms with Crippen molar-refractivity contribution in [2.45, 2.75) is 13.8 Å². The minimum absolute atomic E-state index is 0.0123. The van der Waals surface area contributed by atoms with E-state index in [-0.39, 0.29) is 11.4 Å². The number of nitriles is 2. The standard InChI is InChI=1S/C12H9FN2/c1-8-3-4-10(5-12(8)13)9(2)11(6-14)7-15/h3-5H,1-2H3. The fraction of sp³-hybridized carbons (Fsp3) is 0.167. The molecule has 0 heterocycles.